The number of oxazole rings is 1. The average molecular weight is 735 g/mol. The Bertz CT molecular complexity index is 1310. The Morgan fingerprint density at radius 2 is 1.81 bits per heavy atom. The number of hydrogen-bond acceptors (Lipinski definition) is 12. The van der Waals surface area contributed by atoms with E-state index in [1.165, 1.54) is 18.3 Å². The Labute approximate surface area is 309 Å². The van der Waals surface area contributed by atoms with Gasteiger partial charge in [0.1, 0.15) is 29.9 Å². The Kier molecular flexibility index (Phi) is 19.7. The summed E-state index contributed by atoms with van der Waals surface area (Å²) in [7, 11) is 7.89. The molecule has 0 spiro atoms. The molecule has 2 bridgehead atoms. The second kappa shape index (κ2) is 22.8. The smallest absolute Gasteiger partial charge is 0.308 e. The predicted molar refractivity (Wildman–Crippen MR) is 195 cm³/mol. The molecule has 0 radical (unpaired) electrons. The Balaban J connectivity index is 2.29. The van der Waals surface area contributed by atoms with Crippen molar-refractivity contribution in [2.75, 3.05) is 35.5 Å². The molecule has 1 aromatic rings. The van der Waals surface area contributed by atoms with Gasteiger partial charge in [-0.25, -0.2) is 4.98 Å². The third-order valence-electron chi connectivity index (χ3n) is 10.1. The van der Waals surface area contributed by atoms with E-state index in [1.807, 2.05) is 45.9 Å². The summed E-state index contributed by atoms with van der Waals surface area (Å²) in [4.78, 5) is 43.4. The van der Waals surface area contributed by atoms with Crippen LogP contribution in [0.5, 0.6) is 0 Å². The van der Waals surface area contributed by atoms with Crippen LogP contribution < -0.4 is 0 Å². The van der Waals surface area contributed by atoms with Crippen molar-refractivity contribution in [1.29, 1.82) is 0 Å². The minimum Gasteiger partial charge on any atom is -0.462 e. The number of fused-ring (bicyclic) bond motifs is 2. The third-order valence-corrected chi connectivity index (χ3v) is 10.1. The fourth-order valence-corrected chi connectivity index (χ4v) is 6.19. The van der Waals surface area contributed by atoms with Crippen molar-refractivity contribution in [1.82, 2.24) is 9.88 Å². The molecular weight excluding hydrogens is 672 g/mol. The van der Waals surface area contributed by atoms with E-state index in [1.54, 1.807) is 46.7 Å². The first-order chi connectivity index (χ1) is 24.7. The SMILES string of the molecule is CO[C@H]1C/C=C/C=C/[C@H](OC)C[C@H](O)CC(=O)O[C@@H](C[C@H](OC)[C@@H](C)CCC(=O)[C@H](C)[C@@H](C/C=C/N(C)C=O)OC)C(C)(C)[C@@H](O)Cc2nc1co2. The van der Waals surface area contributed by atoms with Gasteiger partial charge in [0.15, 0.2) is 5.89 Å². The summed E-state index contributed by atoms with van der Waals surface area (Å²) in [6.45, 7) is 7.43. The number of hydrogen-bond donors (Lipinski definition) is 2. The summed E-state index contributed by atoms with van der Waals surface area (Å²) in [5, 5.41) is 22.4. The molecule has 1 aliphatic rings. The van der Waals surface area contributed by atoms with E-state index in [-0.39, 0.29) is 61.9 Å². The van der Waals surface area contributed by atoms with E-state index in [0.29, 0.717) is 37.3 Å². The topological polar surface area (TPSA) is 167 Å². The van der Waals surface area contributed by atoms with Crippen LogP contribution in [0.4, 0.5) is 0 Å². The van der Waals surface area contributed by atoms with Gasteiger partial charge in [0.05, 0.1) is 43.4 Å². The van der Waals surface area contributed by atoms with Gasteiger partial charge in [-0.1, -0.05) is 58.1 Å². The van der Waals surface area contributed by atoms with Gasteiger partial charge < -0.3 is 43.2 Å². The monoisotopic (exact) mass is 734 g/mol. The van der Waals surface area contributed by atoms with E-state index in [4.69, 9.17) is 28.1 Å². The number of nitrogens with zero attached hydrogens (tertiary/aromatic N) is 2. The van der Waals surface area contributed by atoms with E-state index in [2.05, 4.69) is 4.98 Å². The van der Waals surface area contributed by atoms with Crippen LogP contribution in [0.15, 0.2) is 47.3 Å². The van der Waals surface area contributed by atoms with Crippen LogP contribution in [-0.4, -0.2) is 110 Å². The number of carbonyl (C=O) groups is 3. The minimum absolute atomic E-state index is 0.0368. The Hall–Kier alpha value is -3.20. The number of methoxy groups -OCH3 is 4. The predicted octanol–water partition coefficient (Wildman–Crippen LogP) is 4.91. The van der Waals surface area contributed by atoms with E-state index in [0.717, 1.165) is 0 Å². The van der Waals surface area contributed by atoms with E-state index >= 15 is 0 Å². The molecule has 0 aliphatic carbocycles. The number of ether oxygens (including phenoxy) is 5. The number of Topliss-reactive ketones (excluding diaryl/α,β-unsaturated/α-hetero) is 1. The van der Waals surface area contributed by atoms with Crippen molar-refractivity contribution >= 4 is 18.2 Å². The molecule has 1 aromatic heterocycles. The van der Waals surface area contributed by atoms with Crippen molar-refractivity contribution < 1.29 is 52.7 Å². The number of aliphatic hydroxyl groups is 2. The summed E-state index contributed by atoms with van der Waals surface area (Å²) >= 11 is 0. The van der Waals surface area contributed by atoms with Crippen molar-refractivity contribution in [2.24, 2.45) is 17.3 Å². The summed E-state index contributed by atoms with van der Waals surface area (Å²) in [5.41, 5.74) is -0.428. The van der Waals surface area contributed by atoms with Crippen LogP contribution in [0.1, 0.15) is 90.3 Å². The van der Waals surface area contributed by atoms with Crippen LogP contribution >= 0.6 is 0 Å². The van der Waals surface area contributed by atoms with Crippen molar-refractivity contribution in [2.45, 2.75) is 122 Å². The largest absolute Gasteiger partial charge is 0.462 e. The van der Waals surface area contributed by atoms with Gasteiger partial charge >= 0.3 is 5.97 Å². The Morgan fingerprint density at radius 3 is 2.44 bits per heavy atom. The molecule has 294 valence electrons. The number of ketones is 1. The molecule has 13 nitrogen and oxygen atoms in total. The first-order valence-electron chi connectivity index (χ1n) is 18.0. The van der Waals surface area contributed by atoms with Crippen molar-refractivity contribution in [3.05, 3.63) is 54.4 Å². The maximum absolute atomic E-state index is 13.4. The van der Waals surface area contributed by atoms with Gasteiger partial charge in [-0.05, 0) is 25.2 Å². The molecular formula is C39H62N2O11. The molecule has 13 heteroatoms. The highest BCUT2D eigenvalue weighted by molar-refractivity contribution is 5.81. The first kappa shape index (κ1) is 45.0. The molecule has 1 aliphatic heterocycles. The van der Waals surface area contributed by atoms with Crippen LogP contribution in [-0.2, 0) is 44.5 Å². The van der Waals surface area contributed by atoms with Gasteiger partial charge in [0.25, 0.3) is 0 Å². The normalized spacial score (nSPS) is 26.9. The lowest BCUT2D eigenvalue weighted by atomic mass is 9.75. The van der Waals surface area contributed by atoms with Gasteiger partial charge in [0, 0.05) is 72.3 Å². The maximum atomic E-state index is 13.4. The number of esters is 1. The zero-order valence-electron chi connectivity index (χ0n) is 32.4. The molecule has 0 aromatic carbocycles. The zero-order valence-corrected chi connectivity index (χ0v) is 32.4. The number of allylic oxidation sites excluding steroid dienone is 2. The lowest BCUT2D eigenvalue weighted by Crippen LogP contribution is -2.46. The summed E-state index contributed by atoms with van der Waals surface area (Å²) in [6, 6.07) is 0. The van der Waals surface area contributed by atoms with Crippen LogP contribution in [0.25, 0.3) is 0 Å². The highest BCUT2D eigenvalue weighted by atomic mass is 16.5. The molecule has 2 rings (SSSR count). The molecule has 2 heterocycles. The second-order valence-electron chi connectivity index (χ2n) is 14.3. The molecule has 0 saturated carbocycles. The quantitative estimate of drug-likeness (QED) is 0.174. The number of amides is 1. The summed E-state index contributed by atoms with van der Waals surface area (Å²) < 4.78 is 34.5. The highest BCUT2D eigenvalue weighted by Crippen LogP contribution is 2.36. The zero-order chi connectivity index (χ0) is 38.8. The molecule has 0 saturated heterocycles. The summed E-state index contributed by atoms with van der Waals surface area (Å²) in [6.07, 6.45) is 10.5. The first-order valence-corrected chi connectivity index (χ1v) is 18.0. The Morgan fingerprint density at radius 1 is 1.10 bits per heavy atom. The second-order valence-corrected chi connectivity index (χ2v) is 14.3. The fraction of sp³-hybridized carbons (Fsp3) is 0.692. The minimum atomic E-state index is -1.05. The van der Waals surface area contributed by atoms with Crippen LogP contribution in [0.2, 0.25) is 0 Å². The lowest BCUT2D eigenvalue weighted by molar-refractivity contribution is -0.167. The van der Waals surface area contributed by atoms with Gasteiger partial charge in [0.2, 0.25) is 6.41 Å². The van der Waals surface area contributed by atoms with Crippen molar-refractivity contribution in [3.63, 3.8) is 0 Å². The standard InChI is InChI=1S/C39H62N2O11/c1-26(17-18-31(44)27(2)32(48-7)16-13-19-41(5)25-42)34(50-9)22-36-39(3,4)35(45)23-37-40-30(24-51-37)33(49-8)15-12-10-11-14-29(47-6)20-28(43)21-38(46)52-36/h10-14,19,24-29,32-36,43,45H,15-18,20-23H2,1-9H3/b12-10+,14-11+,19-13+/t26-,27-,28-,29-,32+,33-,34-,35-,36-/m0/s1. The highest BCUT2D eigenvalue weighted by Gasteiger charge is 2.42. The molecule has 52 heavy (non-hydrogen) atoms. The number of aromatic nitrogens is 1. The molecule has 0 fully saturated rings. The van der Waals surface area contributed by atoms with E-state index < -0.39 is 41.9 Å². The van der Waals surface area contributed by atoms with Gasteiger partial charge in [-0.3, -0.25) is 14.4 Å². The average Bonchev–Trinajstić information content (AvgIpc) is 3.58. The van der Waals surface area contributed by atoms with Gasteiger partial charge in [-0.15, -0.1) is 0 Å². The molecule has 1 amide bonds. The number of cyclic esters (lactones) is 1. The maximum Gasteiger partial charge on any atom is 0.308 e. The molecule has 9 atom stereocenters. The van der Waals surface area contributed by atoms with E-state index in [9.17, 15) is 24.6 Å². The molecule has 2 N–H and O–H groups in total. The van der Waals surface area contributed by atoms with Crippen molar-refractivity contribution in [3.8, 4) is 0 Å². The van der Waals surface area contributed by atoms with Gasteiger partial charge in [-0.2, -0.15) is 0 Å². The lowest BCUT2D eigenvalue weighted by Gasteiger charge is -2.40. The molecule has 0 unspecified atom stereocenters. The number of carbonyl (C=O) groups excluding carboxylic acids is 3. The van der Waals surface area contributed by atoms with Crippen LogP contribution in [0, 0.1) is 17.3 Å². The summed E-state index contributed by atoms with van der Waals surface area (Å²) in [5.74, 6) is -0.777. The number of rotatable bonds is 16. The number of aliphatic hydroxyl groups excluding tert-OH is 2. The van der Waals surface area contributed by atoms with Crippen LogP contribution in [0.3, 0.4) is 0 Å². The third kappa shape index (κ3) is 14.3. The fourth-order valence-electron chi connectivity index (χ4n) is 6.19.